The third-order valence-corrected chi connectivity index (χ3v) is 19.8. The van der Waals surface area contributed by atoms with Gasteiger partial charge in [0.15, 0.2) is 0 Å². The van der Waals surface area contributed by atoms with Crippen LogP contribution in [0.2, 0.25) is 0 Å². The van der Waals surface area contributed by atoms with E-state index in [1.165, 1.54) is 252 Å². The van der Waals surface area contributed by atoms with E-state index in [0.717, 1.165) is 6.61 Å². The van der Waals surface area contributed by atoms with Crippen molar-refractivity contribution in [2.45, 2.75) is 259 Å². The second-order valence-corrected chi connectivity index (χ2v) is 22.7. The van der Waals surface area contributed by atoms with Crippen LogP contribution < -0.4 is 0 Å². The Morgan fingerprint density at radius 3 is 0.755 bits per heavy atom. The average molecular weight is 729 g/mol. The van der Waals surface area contributed by atoms with Crippen molar-refractivity contribution in [1.82, 2.24) is 0 Å². The maximum Gasteiger partial charge on any atom is 0.116 e. The first-order chi connectivity index (χ1) is 24.0. The highest BCUT2D eigenvalue weighted by Gasteiger charge is 2.36. The minimum absolute atomic E-state index is 0.904. The van der Waals surface area contributed by atoms with Gasteiger partial charge in [0.05, 0.1) is 6.61 Å². The summed E-state index contributed by atoms with van der Waals surface area (Å²) in [7, 11) is -1.95. The first kappa shape index (κ1) is 49.5. The molecule has 0 unspecified atom stereocenters. The normalized spacial score (nSPS) is 12.8. The van der Waals surface area contributed by atoms with Gasteiger partial charge in [-0.2, -0.15) is 0 Å². The van der Waals surface area contributed by atoms with E-state index in [4.69, 9.17) is 17.4 Å². The molecule has 0 aromatic heterocycles. The molecule has 3 heteroatoms. The summed E-state index contributed by atoms with van der Waals surface area (Å²) in [6.07, 6.45) is 48.9. The van der Waals surface area contributed by atoms with Gasteiger partial charge in [-0.1, -0.05) is 227 Å². The lowest BCUT2D eigenvalue weighted by atomic mass is 10.1. The summed E-state index contributed by atoms with van der Waals surface area (Å²) in [5.41, 5.74) is 0. The van der Waals surface area contributed by atoms with Crippen molar-refractivity contribution in [2.24, 2.45) is 0 Å². The Kier molecular flexibility index (Phi) is 37.3. The van der Waals surface area contributed by atoms with Gasteiger partial charge in [0.25, 0.3) is 0 Å². The van der Waals surface area contributed by atoms with E-state index < -0.39 is 8.75 Å². The van der Waals surface area contributed by atoms with E-state index in [1.54, 1.807) is 0 Å². The number of unbranched alkanes of at least 4 members (excludes halogenated alkanes) is 30. The minimum atomic E-state index is -1.95. The van der Waals surface area contributed by atoms with E-state index in [-0.39, 0.29) is 0 Å². The molecule has 0 aliphatic carbocycles. The molecule has 0 amide bonds. The molecule has 49 heavy (non-hydrogen) atoms. The molecule has 0 bridgehead atoms. The van der Waals surface area contributed by atoms with Crippen molar-refractivity contribution in [3.63, 3.8) is 0 Å². The van der Waals surface area contributed by atoms with Crippen LogP contribution >= 0.6 is 21.4 Å². The topological polar surface area (TPSA) is 9.23 Å². The fraction of sp³-hybridized carbons (Fsp3) is 0.978. The molecule has 0 saturated carbocycles. The van der Waals surface area contributed by atoms with Gasteiger partial charge in [-0.15, -0.1) is 12.6 Å². The van der Waals surface area contributed by atoms with Gasteiger partial charge in [0.2, 0.25) is 0 Å². The molecule has 0 rings (SSSR count). The molecule has 0 atom stereocenters. The molecule has 0 fully saturated rings. The number of ether oxygens (including phenoxy) is 1. The molecule has 0 aromatic carbocycles. The Balaban J connectivity index is 6.14. The third kappa shape index (κ3) is 26.9. The Morgan fingerprint density at radius 2 is 0.510 bits per heavy atom. The molecule has 0 aromatic rings. The lowest BCUT2D eigenvalue weighted by Gasteiger charge is -2.52. The summed E-state index contributed by atoms with van der Waals surface area (Å²) in [6.45, 7) is 12.6. The van der Waals surface area contributed by atoms with Gasteiger partial charge in [0.1, 0.15) is 4.38 Å². The van der Waals surface area contributed by atoms with Crippen molar-refractivity contribution in [3.8, 4) is 0 Å². The van der Waals surface area contributed by atoms with Crippen LogP contribution in [0.5, 0.6) is 0 Å². The van der Waals surface area contributed by atoms with Crippen LogP contribution in [0.25, 0.3) is 0 Å². The molecule has 0 aliphatic heterocycles. The quantitative estimate of drug-likeness (QED) is 0.0375. The largest absolute Gasteiger partial charge is 0.336 e. The number of hydrogen-bond acceptors (Lipinski definition) is 1. The molecular weight excluding hydrogens is 633 g/mol. The Labute approximate surface area is 318 Å². The zero-order valence-corrected chi connectivity index (χ0v) is 36.8. The Bertz CT molecular complexity index is 635. The highest BCUT2D eigenvalue weighted by molar-refractivity contribution is 8.52. The third-order valence-electron chi connectivity index (χ3n) is 11.6. The van der Waals surface area contributed by atoms with Gasteiger partial charge in [-0.05, 0) is 55.1 Å². The predicted octanol–water partition coefficient (Wildman–Crippen LogP) is 17.1. The summed E-state index contributed by atoms with van der Waals surface area (Å²) < 4.78 is 8.30. The average Bonchev–Trinajstić information content (AvgIpc) is 3.11. The molecule has 0 saturated heterocycles. The first-order valence-corrected chi connectivity index (χ1v) is 26.3. The summed E-state index contributed by atoms with van der Waals surface area (Å²) in [5.74, 6) is 5.68. The van der Waals surface area contributed by atoms with Crippen LogP contribution in [0.4, 0.5) is 0 Å². The summed E-state index contributed by atoms with van der Waals surface area (Å²) in [6, 6.07) is 0. The van der Waals surface area contributed by atoms with Crippen molar-refractivity contribution < 1.29 is 4.74 Å². The molecule has 0 heterocycles. The van der Waals surface area contributed by atoms with Crippen molar-refractivity contribution in [2.75, 3.05) is 29.6 Å². The molecule has 0 radical (unpaired) electrons. The number of rotatable bonds is 40. The molecule has 0 N–H and O–H groups in total. The van der Waals surface area contributed by atoms with E-state index in [9.17, 15) is 0 Å². The number of thiol groups is 1. The molecule has 0 aliphatic rings. The SMILES string of the molecule is CCCCCCCCCOC(S)=S(CCCCCCCCC)(CCCCCCCCC)(CCCCCCCCC)CCCCCCCCC. The Hall–Kier alpha value is 0.530. The predicted molar refractivity (Wildman–Crippen MR) is 237 cm³/mol. The van der Waals surface area contributed by atoms with Gasteiger partial charge < -0.3 is 4.74 Å². The summed E-state index contributed by atoms with van der Waals surface area (Å²) in [5, 5.41) is 0. The maximum absolute atomic E-state index is 7.01. The fourth-order valence-electron chi connectivity index (χ4n) is 8.10. The van der Waals surface area contributed by atoms with Crippen molar-refractivity contribution >= 4 is 25.8 Å². The second kappa shape index (κ2) is 36.9. The molecule has 1 nitrogen and oxygen atoms in total. The molecule has 298 valence electrons. The van der Waals surface area contributed by atoms with Crippen molar-refractivity contribution in [3.05, 3.63) is 0 Å². The first-order valence-electron chi connectivity index (χ1n) is 23.1. The minimum Gasteiger partial charge on any atom is -0.336 e. The van der Waals surface area contributed by atoms with Gasteiger partial charge >= 0.3 is 0 Å². The van der Waals surface area contributed by atoms with Crippen LogP contribution in [-0.2, 0) is 4.74 Å². The maximum atomic E-state index is 7.01. The van der Waals surface area contributed by atoms with Crippen LogP contribution in [0.1, 0.15) is 259 Å². The van der Waals surface area contributed by atoms with E-state index in [0.29, 0.717) is 0 Å². The molecule has 0 spiro atoms. The van der Waals surface area contributed by atoms with Crippen molar-refractivity contribution in [1.29, 1.82) is 0 Å². The van der Waals surface area contributed by atoms with E-state index in [2.05, 4.69) is 34.6 Å². The standard InChI is InChI=1S/C46H96OS2/c1-6-11-16-21-26-31-36-41-47-46(48)49(42-37-32-27-22-17-12-7-2,43-38-33-28-23-18-13-8-3,44-39-34-29-24-19-14-9-4)45-40-35-30-25-20-15-10-5/h48H,6-45H2,1-5H3. The van der Waals surface area contributed by atoms with E-state index in [1.807, 2.05) is 0 Å². The monoisotopic (exact) mass is 729 g/mol. The smallest absolute Gasteiger partial charge is 0.116 e. The van der Waals surface area contributed by atoms with Crippen LogP contribution in [0.3, 0.4) is 0 Å². The summed E-state index contributed by atoms with van der Waals surface area (Å²) in [4.78, 5) is 0. The second-order valence-electron chi connectivity index (χ2n) is 16.3. The van der Waals surface area contributed by atoms with Gasteiger partial charge in [0, 0.05) is 0 Å². The van der Waals surface area contributed by atoms with Crippen LogP contribution in [0, 0.1) is 0 Å². The lowest BCUT2D eigenvalue weighted by molar-refractivity contribution is 0.307. The highest BCUT2D eigenvalue weighted by atomic mass is 32.3. The summed E-state index contributed by atoms with van der Waals surface area (Å²) >= 11 is 5.59. The zero-order chi connectivity index (χ0) is 36.0. The number of hydrogen-bond donors (Lipinski definition) is 1. The van der Waals surface area contributed by atoms with Gasteiger partial charge in [-0.3, -0.25) is 0 Å². The molecular formula is C46H96OS2. The van der Waals surface area contributed by atoms with Crippen LogP contribution in [-0.4, -0.2) is 34.0 Å². The highest BCUT2D eigenvalue weighted by Crippen LogP contribution is 2.64. The van der Waals surface area contributed by atoms with Crippen LogP contribution in [0.15, 0.2) is 0 Å². The van der Waals surface area contributed by atoms with Gasteiger partial charge in [-0.25, -0.2) is 8.75 Å². The zero-order valence-electron chi connectivity index (χ0n) is 35.0. The fourth-order valence-corrected chi connectivity index (χ4v) is 15.5. The lowest BCUT2D eigenvalue weighted by Crippen LogP contribution is -2.31. The van der Waals surface area contributed by atoms with E-state index >= 15 is 0 Å². The Morgan fingerprint density at radius 1 is 0.306 bits per heavy atom.